The van der Waals surface area contributed by atoms with Crippen LogP contribution in [-0.4, -0.2) is 24.1 Å². The number of benzene rings is 1. The summed E-state index contributed by atoms with van der Waals surface area (Å²) in [6, 6.07) is 7.62. The van der Waals surface area contributed by atoms with Crippen molar-refractivity contribution < 1.29 is 4.74 Å². The molecule has 1 aromatic heterocycles. The lowest BCUT2D eigenvalue weighted by Crippen LogP contribution is -2.26. The number of anilines is 2. The van der Waals surface area contributed by atoms with E-state index in [-0.39, 0.29) is 17.4 Å². The number of H-pyrrole nitrogens is 1. The SMILES string of the molecule is COc1c(N(C)C(C)c2cccc(N)c2)nc[nH]c1=O. The average Bonchev–Trinajstić information content (AvgIpc) is 2.45. The second kappa shape index (κ2) is 5.64. The van der Waals surface area contributed by atoms with Gasteiger partial charge in [-0.3, -0.25) is 4.79 Å². The molecule has 0 saturated heterocycles. The maximum atomic E-state index is 11.7. The van der Waals surface area contributed by atoms with Crippen LogP contribution in [0.25, 0.3) is 0 Å². The fourth-order valence-corrected chi connectivity index (χ4v) is 2.04. The predicted molar refractivity (Wildman–Crippen MR) is 79.1 cm³/mol. The Balaban J connectivity index is 2.38. The average molecular weight is 274 g/mol. The number of methoxy groups -OCH3 is 1. The number of nitrogens with two attached hydrogens (primary N) is 1. The Bertz CT molecular complexity index is 654. The third-order valence-corrected chi connectivity index (χ3v) is 3.30. The normalized spacial score (nSPS) is 11.9. The Labute approximate surface area is 117 Å². The van der Waals surface area contributed by atoms with Gasteiger partial charge in [0.1, 0.15) is 0 Å². The van der Waals surface area contributed by atoms with Gasteiger partial charge in [-0.25, -0.2) is 4.98 Å². The number of ether oxygens (including phenoxy) is 1. The molecule has 0 fully saturated rings. The Morgan fingerprint density at radius 2 is 2.20 bits per heavy atom. The third-order valence-electron chi connectivity index (χ3n) is 3.30. The van der Waals surface area contributed by atoms with Gasteiger partial charge in [0.2, 0.25) is 5.75 Å². The molecule has 0 spiro atoms. The molecule has 0 radical (unpaired) electrons. The van der Waals surface area contributed by atoms with Crippen molar-refractivity contribution in [3.8, 4) is 5.75 Å². The summed E-state index contributed by atoms with van der Waals surface area (Å²) in [5.74, 6) is 0.692. The predicted octanol–water partition coefficient (Wildman–Crippen LogP) is 1.56. The molecular weight excluding hydrogens is 256 g/mol. The smallest absolute Gasteiger partial charge is 0.295 e. The van der Waals surface area contributed by atoms with Crippen molar-refractivity contribution in [1.82, 2.24) is 9.97 Å². The minimum Gasteiger partial charge on any atom is -0.489 e. The molecule has 1 aromatic carbocycles. The molecule has 1 unspecified atom stereocenters. The van der Waals surface area contributed by atoms with Crippen molar-refractivity contribution in [2.45, 2.75) is 13.0 Å². The molecule has 1 atom stereocenters. The number of hydrogen-bond acceptors (Lipinski definition) is 5. The zero-order valence-corrected chi connectivity index (χ0v) is 11.8. The van der Waals surface area contributed by atoms with Gasteiger partial charge in [-0.2, -0.15) is 0 Å². The van der Waals surface area contributed by atoms with E-state index in [9.17, 15) is 4.79 Å². The monoisotopic (exact) mass is 274 g/mol. The number of aromatic nitrogens is 2. The highest BCUT2D eigenvalue weighted by atomic mass is 16.5. The molecule has 106 valence electrons. The van der Waals surface area contributed by atoms with Crippen molar-refractivity contribution in [1.29, 1.82) is 0 Å². The van der Waals surface area contributed by atoms with Crippen LogP contribution in [0, 0.1) is 0 Å². The maximum absolute atomic E-state index is 11.7. The molecule has 3 N–H and O–H groups in total. The van der Waals surface area contributed by atoms with Crippen molar-refractivity contribution in [3.63, 3.8) is 0 Å². The zero-order valence-electron chi connectivity index (χ0n) is 11.8. The standard InChI is InChI=1S/C14H18N4O2/c1-9(10-5-4-6-11(15)7-10)18(2)13-12(20-3)14(19)17-8-16-13/h4-9H,15H2,1-3H3,(H,16,17,19). The number of hydrogen-bond donors (Lipinski definition) is 2. The van der Waals surface area contributed by atoms with E-state index in [1.54, 1.807) is 0 Å². The van der Waals surface area contributed by atoms with Crippen LogP contribution < -0.4 is 20.9 Å². The number of nitrogen functional groups attached to an aromatic ring is 1. The van der Waals surface area contributed by atoms with Crippen LogP contribution in [0.5, 0.6) is 5.75 Å². The fraction of sp³-hybridized carbons (Fsp3) is 0.286. The van der Waals surface area contributed by atoms with Crippen LogP contribution in [-0.2, 0) is 0 Å². The summed E-state index contributed by atoms with van der Waals surface area (Å²) in [5, 5.41) is 0. The van der Waals surface area contributed by atoms with Crippen LogP contribution in [0.15, 0.2) is 35.4 Å². The van der Waals surface area contributed by atoms with Crippen molar-refractivity contribution in [3.05, 3.63) is 46.5 Å². The van der Waals surface area contributed by atoms with Gasteiger partial charge in [-0.15, -0.1) is 0 Å². The van der Waals surface area contributed by atoms with E-state index in [1.807, 2.05) is 43.1 Å². The molecular formula is C14H18N4O2. The third kappa shape index (κ3) is 2.59. The lowest BCUT2D eigenvalue weighted by molar-refractivity contribution is 0.405. The molecule has 1 heterocycles. The number of aromatic amines is 1. The fourth-order valence-electron chi connectivity index (χ4n) is 2.04. The van der Waals surface area contributed by atoms with Crippen LogP contribution in [0.1, 0.15) is 18.5 Å². The van der Waals surface area contributed by atoms with Gasteiger partial charge in [-0.05, 0) is 24.6 Å². The molecule has 0 aliphatic rings. The van der Waals surface area contributed by atoms with E-state index in [2.05, 4.69) is 9.97 Å². The molecule has 0 saturated carbocycles. The maximum Gasteiger partial charge on any atom is 0.295 e. The van der Waals surface area contributed by atoms with E-state index in [0.717, 1.165) is 5.56 Å². The Kier molecular flexibility index (Phi) is 3.93. The zero-order chi connectivity index (χ0) is 14.7. The number of rotatable bonds is 4. The summed E-state index contributed by atoms with van der Waals surface area (Å²) in [6.45, 7) is 2.01. The molecule has 0 amide bonds. The lowest BCUT2D eigenvalue weighted by Gasteiger charge is -2.27. The molecule has 2 rings (SSSR count). The largest absolute Gasteiger partial charge is 0.489 e. The Hall–Kier alpha value is -2.50. The summed E-state index contributed by atoms with van der Waals surface area (Å²) >= 11 is 0. The minimum atomic E-state index is -0.302. The molecule has 0 aliphatic heterocycles. The van der Waals surface area contributed by atoms with E-state index in [0.29, 0.717) is 11.5 Å². The van der Waals surface area contributed by atoms with E-state index >= 15 is 0 Å². The summed E-state index contributed by atoms with van der Waals surface area (Å²) in [6.07, 6.45) is 1.36. The summed E-state index contributed by atoms with van der Waals surface area (Å²) < 4.78 is 5.13. The highest BCUT2D eigenvalue weighted by Crippen LogP contribution is 2.28. The summed E-state index contributed by atoms with van der Waals surface area (Å²) in [7, 11) is 3.31. The van der Waals surface area contributed by atoms with E-state index in [4.69, 9.17) is 10.5 Å². The van der Waals surface area contributed by atoms with Gasteiger partial charge in [0.25, 0.3) is 5.56 Å². The molecule has 6 heteroatoms. The first kappa shape index (κ1) is 13.9. The minimum absolute atomic E-state index is 0.00157. The number of nitrogens with one attached hydrogen (secondary N) is 1. The molecule has 6 nitrogen and oxygen atoms in total. The first-order valence-corrected chi connectivity index (χ1v) is 6.24. The molecule has 2 aromatic rings. The first-order valence-electron chi connectivity index (χ1n) is 6.24. The van der Waals surface area contributed by atoms with Gasteiger partial charge in [-0.1, -0.05) is 12.1 Å². The summed E-state index contributed by atoms with van der Waals surface area (Å²) in [5.41, 5.74) is 7.24. The molecule has 0 bridgehead atoms. The quantitative estimate of drug-likeness (QED) is 0.826. The topological polar surface area (TPSA) is 84.2 Å². The van der Waals surface area contributed by atoms with Crippen LogP contribution in [0.2, 0.25) is 0 Å². The van der Waals surface area contributed by atoms with Gasteiger partial charge in [0.05, 0.1) is 19.5 Å². The van der Waals surface area contributed by atoms with Gasteiger partial charge < -0.3 is 20.4 Å². The van der Waals surface area contributed by atoms with Crippen molar-refractivity contribution in [2.75, 3.05) is 24.8 Å². The Morgan fingerprint density at radius 3 is 2.85 bits per heavy atom. The second-order valence-electron chi connectivity index (χ2n) is 4.55. The highest BCUT2D eigenvalue weighted by molar-refractivity contribution is 5.53. The van der Waals surface area contributed by atoms with Crippen molar-refractivity contribution in [2.24, 2.45) is 0 Å². The van der Waals surface area contributed by atoms with E-state index in [1.165, 1.54) is 13.4 Å². The second-order valence-corrected chi connectivity index (χ2v) is 4.55. The van der Waals surface area contributed by atoms with Crippen LogP contribution >= 0.6 is 0 Å². The molecule has 20 heavy (non-hydrogen) atoms. The number of nitrogens with zero attached hydrogens (tertiary/aromatic N) is 2. The van der Waals surface area contributed by atoms with Crippen LogP contribution in [0.3, 0.4) is 0 Å². The highest BCUT2D eigenvalue weighted by Gasteiger charge is 2.19. The van der Waals surface area contributed by atoms with Gasteiger partial charge in [0, 0.05) is 12.7 Å². The summed E-state index contributed by atoms with van der Waals surface area (Å²) in [4.78, 5) is 20.3. The van der Waals surface area contributed by atoms with Crippen molar-refractivity contribution >= 4 is 11.5 Å². The Morgan fingerprint density at radius 1 is 1.45 bits per heavy atom. The lowest BCUT2D eigenvalue weighted by atomic mass is 10.1. The first-order chi connectivity index (χ1) is 9.54. The van der Waals surface area contributed by atoms with Gasteiger partial charge in [0.15, 0.2) is 5.82 Å². The van der Waals surface area contributed by atoms with Crippen LogP contribution in [0.4, 0.5) is 11.5 Å². The van der Waals surface area contributed by atoms with Gasteiger partial charge >= 0.3 is 0 Å². The van der Waals surface area contributed by atoms with E-state index < -0.39 is 0 Å². The molecule has 0 aliphatic carbocycles.